The number of rotatable bonds is 7. The van der Waals surface area contributed by atoms with E-state index in [2.05, 4.69) is 28.8 Å². The number of hydrogen-bond acceptors (Lipinski definition) is 6. The minimum absolute atomic E-state index is 0.202. The molecule has 2 N–H and O–H groups in total. The zero-order valence-corrected chi connectivity index (χ0v) is 17.1. The molecule has 2 aliphatic rings. The lowest BCUT2D eigenvalue weighted by atomic mass is 10.1. The van der Waals surface area contributed by atoms with Crippen molar-refractivity contribution in [2.45, 2.75) is 37.6 Å². The number of morpholine rings is 1. The average Bonchev–Trinajstić information content (AvgIpc) is 2.75. The Hall–Kier alpha value is -1.35. The van der Waals surface area contributed by atoms with Gasteiger partial charge in [-0.15, -0.1) is 0 Å². The van der Waals surface area contributed by atoms with Crippen molar-refractivity contribution in [2.75, 3.05) is 51.3 Å². The highest BCUT2D eigenvalue weighted by molar-refractivity contribution is 7.89. The van der Waals surface area contributed by atoms with Crippen molar-refractivity contribution >= 4 is 15.7 Å². The molecule has 0 aromatic heterocycles. The second-order valence-electron chi connectivity index (χ2n) is 7.65. The molecule has 1 atom stereocenters. The standard InChI is InChI=1S/C19H31N3O4S/c1-15(2)12-17-14-26-18-13-16(4-5-19(18)27(23,24)21-17)20-6-3-7-22-8-10-25-11-9-22/h4-5,13,15,17,20-21H,3,6-12,14H2,1-2H3/t17-/m1/s1. The van der Waals surface area contributed by atoms with Crippen LogP contribution in [0.4, 0.5) is 5.69 Å². The van der Waals surface area contributed by atoms with E-state index in [1.165, 1.54) is 0 Å². The first-order valence-corrected chi connectivity index (χ1v) is 11.3. The Labute approximate surface area is 162 Å². The molecule has 2 heterocycles. The van der Waals surface area contributed by atoms with Crippen molar-refractivity contribution in [2.24, 2.45) is 5.92 Å². The molecular weight excluding hydrogens is 366 g/mol. The summed E-state index contributed by atoms with van der Waals surface area (Å²) in [6.45, 7) is 9.99. The van der Waals surface area contributed by atoms with E-state index in [1.54, 1.807) is 18.2 Å². The molecule has 0 bridgehead atoms. The molecule has 0 aliphatic carbocycles. The SMILES string of the molecule is CC(C)C[C@@H]1COc2cc(NCCCN3CCOCC3)ccc2S(=O)(=O)N1. The number of nitrogens with zero attached hydrogens (tertiary/aromatic N) is 1. The summed E-state index contributed by atoms with van der Waals surface area (Å²) in [5.41, 5.74) is 0.883. The van der Waals surface area contributed by atoms with Gasteiger partial charge < -0.3 is 14.8 Å². The molecule has 2 aliphatic heterocycles. The second kappa shape index (κ2) is 9.23. The maximum absolute atomic E-state index is 12.6. The van der Waals surface area contributed by atoms with E-state index >= 15 is 0 Å². The molecule has 27 heavy (non-hydrogen) atoms. The number of fused-ring (bicyclic) bond motifs is 1. The maximum Gasteiger partial charge on any atom is 0.244 e. The predicted molar refractivity (Wildman–Crippen MR) is 106 cm³/mol. The van der Waals surface area contributed by atoms with Crippen LogP contribution in [0.1, 0.15) is 26.7 Å². The molecule has 1 aromatic rings. The zero-order valence-electron chi connectivity index (χ0n) is 16.2. The molecule has 7 nitrogen and oxygen atoms in total. The van der Waals surface area contributed by atoms with Crippen LogP contribution in [0, 0.1) is 5.92 Å². The summed E-state index contributed by atoms with van der Waals surface area (Å²) in [4.78, 5) is 2.62. The molecule has 0 amide bonds. The summed E-state index contributed by atoms with van der Waals surface area (Å²) < 4.78 is 39.2. The number of nitrogens with one attached hydrogen (secondary N) is 2. The summed E-state index contributed by atoms with van der Waals surface area (Å²) in [5.74, 6) is 0.818. The van der Waals surface area contributed by atoms with Crippen LogP contribution in [0.5, 0.6) is 5.75 Å². The lowest BCUT2D eigenvalue weighted by Crippen LogP contribution is -2.37. The molecule has 3 rings (SSSR count). The molecule has 152 valence electrons. The lowest BCUT2D eigenvalue weighted by Gasteiger charge is -2.26. The fourth-order valence-electron chi connectivity index (χ4n) is 3.51. The van der Waals surface area contributed by atoms with Gasteiger partial charge in [-0.1, -0.05) is 13.8 Å². The van der Waals surface area contributed by atoms with Crippen LogP contribution in [0.3, 0.4) is 0 Å². The smallest absolute Gasteiger partial charge is 0.244 e. The van der Waals surface area contributed by atoms with Gasteiger partial charge in [-0.05, 0) is 37.4 Å². The van der Waals surface area contributed by atoms with Gasteiger partial charge >= 0.3 is 0 Å². The molecule has 0 spiro atoms. The van der Waals surface area contributed by atoms with E-state index in [1.807, 2.05) is 0 Å². The average molecular weight is 398 g/mol. The van der Waals surface area contributed by atoms with Crippen LogP contribution in [-0.2, 0) is 14.8 Å². The van der Waals surface area contributed by atoms with E-state index < -0.39 is 10.0 Å². The minimum atomic E-state index is -3.55. The van der Waals surface area contributed by atoms with Crippen molar-refractivity contribution in [1.29, 1.82) is 0 Å². The van der Waals surface area contributed by atoms with Crippen LogP contribution >= 0.6 is 0 Å². The first-order valence-electron chi connectivity index (χ1n) is 9.77. The van der Waals surface area contributed by atoms with E-state index in [4.69, 9.17) is 9.47 Å². The van der Waals surface area contributed by atoms with Crippen molar-refractivity contribution in [3.05, 3.63) is 18.2 Å². The Kier molecular flexibility index (Phi) is 6.97. The molecule has 1 saturated heterocycles. The summed E-state index contributed by atoms with van der Waals surface area (Å²) in [6, 6.07) is 5.02. The summed E-state index contributed by atoms with van der Waals surface area (Å²) in [5, 5.41) is 3.37. The van der Waals surface area contributed by atoms with Crippen LogP contribution in [0.2, 0.25) is 0 Å². The summed E-state index contributed by atoms with van der Waals surface area (Å²) in [6.07, 6.45) is 1.77. The molecule has 0 radical (unpaired) electrons. The Morgan fingerprint density at radius 1 is 1.30 bits per heavy atom. The lowest BCUT2D eigenvalue weighted by molar-refractivity contribution is 0.0378. The third-order valence-corrected chi connectivity index (χ3v) is 6.39. The van der Waals surface area contributed by atoms with Gasteiger partial charge in [-0.25, -0.2) is 13.1 Å². The van der Waals surface area contributed by atoms with Gasteiger partial charge in [-0.2, -0.15) is 0 Å². The second-order valence-corrected chi connectivity index (χ2v) is 9.34. The molecule has 1 fully saturated rings. The van der Waals surface area contributed by atoms with E-state index in [0.29, 0.717) is 18.3 Å². The van der Waals surface area contributed by atoms with Gasteiger partial charge in [0, 0.05) is 31.4 Å². The number of sulfonamides is 1. The Balaban J connectivity index is 1.57. The van der Waals surface area contributed by atoms with E-state index in [0.717, 1.165) is 57.9 Å². The highest BCUT2D eigenvalue weighted by Gasteiger charge is 2.28. The van der Waals surface area contributed by atoms with Crippen LogP contribution < -0.4 is 14.8 Å². The van der Waals surface area contributed by atoms with Crippen molar-refractivity contribution in [1.82, 2.24) is 9.62 Å². The minimum Gasteiger partial charge on any atom is -0.490 e. The molecule has 1 aromatic carbocycles. The number of ether oxygens (including phenoxy) is 2. The van der Waals surface area contributed by atoms with Gasteiger partial charge in [0.05, 0.1) is 19.3 Å². The van der Waals surface area contributed by atoms with Gasteiger partial charge in [0.2, 0.25) is 10.0 Å². The van der Waals surface area contributed by atoms with E-state index in [9.17, 15) is 8.42 Å². The number of benzene rings is 1. The first kappa shape index (κ1) is 20.4. The highest BCUT2D eigenvalue weighted by atomic mass is 32.2. The fourth-order valence-corrected chi connectivity index (χ4v) is 4.87. The normalized spacial score (nSPS) is 22.7. The third-order valence-electron chi connectivity index (χ3n) is 4.83. The fraction of sp³-hybridized carbons (Fsp3) is 0.684. The number of hydrogen-bond donors (Lipinski definition) is 2. The Morgan fingerprint density at radius 3 is 2.81 bits per heavy atom. The van der Waals surface area contributed by atoms with E-state index in [-0.39, 0.29) is 10.9 Å². The van der Waals surface area contributed by atoms with Gasteiger partial charge in [-0.3, -0.25) is 4.90 Å². The molecule has 0 saturated carbocycles. The Morgan fingerprint density at radius 2 is 2.07 bits per heavy atom. The van der Waals surface area contributed by atoms with Gasteiger partial charge in [0.15, 0.2) is 0 Å². The van der Waals surface area contributed by atoms with Crippen molar-refractivity contribution in [3.63, 3.8) is 0 Å². The molecule has 8 heteroatoms. The number of anilines is 1. The largest absolute Gasteiger partial charge is 0.490 e. The summed E-state index contributed by atoms with van der Waals surface area (Å²) >= 11 is 0. The summed E-state index contributed by atoms with van der Waals surface area (Å²) in [7, 11) is -3.55. The molecular formula is C19H31N3O4S. The quantitative estimate of drug-likeness (QED) is 0.684. The van der Waals surface area contributed by atoms with Crippen LogP contribution in [0.15, 0.2) is 23.1 Å². The van der Waals surface area contributed by atoms with Gasteiger partial charge in [0.1, 0.15) is 17.3 Å². The monoisotopic (exact) mass is 397 g/mol. The van der Waals surface area contributed by atoms with Crippen LogP contribution in [-0.4, -0.2) is 65.4 Å². The van der Waals surface area contributed by atoms with Crippen LogP contribution in [0.25, 0.3) is 0 Å². The highest BCUT2D eigenvalue weighted by Crippen LogP contribution is 2.30. The molecule has 0 unspecified atom stereocenters. The predicted octanol–water partition coefficient (Wildman–Crippen LogP) is 1.91. The van der Waals surface area contributed by atoms with Crippen molar-refractivity contribution in [3.8, 4) is 5.75 Å². The third kappa shape index (κ3) is 5.81. The zero-order chi connectivity index (χ0) is 19.3. The van der Waals surface area contributed by atoms with Gasteiger partial charge in [0.25, 0.3) is 0 Å². The van der Waals surface area contributed by atoms with Crippen molar-refractivity contribution < 1.29 is 17.9 Å². The maximum atomic E-state index is 12.6. The first-order chi connectivity index (χ1) is 12.9. The Bertz CT molecular complexity index is 718. The topological polar surface area (TPSA) is 79.9 Å².